The number of nitrogens with one attached hydrogen (secondary N) is 1. The zero-order valence-electron chi connectivity index (χ0n) is 18.1. The first-order valence-corrected chi connectivity index (χ1v) is 11.6. The Morgan fingerprint density at radius 2 is 1.90 bits per heavy atom. The van der Waals surface area contributed by atoms with Crippen molar-refractivity contribution in [1.29, 1.82) is 0 Å². The van der Waals surface area contributed by atoms with Crippen LogP contribution in [0.1, 0.15) is 75.2 Å². The first-order valence-electron chi connectivity index (χ1n) is 11.6. The summed E-state index contributed by atoms with van der Waals surface area (Å²) in [4.78, 5) is 19.7. The lowest BCUT2D eigenvalue weighted by Gasteiger charge is -2.34. The molecule has 1 aliphatic carbocycles. The Labute approximate surface area is 174 Å². The molecule has 1 aromatic carbocycles. The Balaban J connectivity index is 1.29. The molecule has 2 fully saturated rings. The molecular weight excluding hydrogens is 360 g/mol. The average Bonchev–Trinajstić information content (AvgIpc) is 3.14. The first kappa shape index (κ1) is 20.4. The molecule has 0 spiro atoms. The second kappa shape index (κ2) is 9.29. The summed E-state index contributed by atoms with van der Waals surface area (Å²) in [6.45, 7) is 8.87. The van der Waals surface area contributed by atoms with E-state index in [0.717, 1.165) is 42.4 Å². The van der Waals surface area contributed by atoms with E-state index in [1.165, 1.54) is 51.6 Å². The number of likely N-dealkylation sites (tertiary alicyclic amines) is 1. The van der Waals surface area contributed by atoms with Crippen LogP contribution in [0.4, 0.5) is 0 Å². The van der Waals surface area contributed by atoms with Crippen LogP contribution in [0.5, 0.6) is 0 Å². The quantitative estimate of drug-likeness (QED) is 0.724. The molecule has 4 rings (SSSR count). The number of nitrogens with zero attached hydrogens (tertiary/aromatic N) is 3. The lowest BCUT2D eigenvalue weighted by atomic mass is 9.92. The Morgan fingerprint density at radius 3 is 2.66 bits per heavy atom. The minimum Gasteiger partial charge on any atom is -0.352 e. The maximum absolute atomic E-state index is 12.6. The highest BCUT2D eigenvalue weighted by molar-refractivity contribution is 5.97. The second-order valence-corrected chi connectivity index (χ2v) is 9.46. The fourth-order valence-electron chi connectivity index (χ4n) is 5.40. The zero-order chi connectivity index (χ0) is 20.2. The number of carbonyl (C=O) groups is 1. The van der Waals surface area contributed by atoms with Crippen molar-refractivity contribution in [3.8, 4) is 0 Å². The molecule has 1 saturated carbocycles. The molecule has 0 bridgehead atoms. The summed E-state index contributed by atoms with van der Waals surface area (Å²) in [5.41, 5.74) is 2.80. The Hall–Kier alpha value is -1.88. The number of imidazole rings is 1. The van der Waals surface area contributed by atoms with Gasteiger partial charge in [-0.3, -0.25) is 4.79 Å². The maximum atomic E-state index is 12.6. The van der Waals surface area contributed by atoms with Gasteiger partial charge in [-0.25, -0.2) is 4.98 Å². The number of piperidine rings is 1. The fourth-order valence-corrected chi connectivity index (χ4v) is 5.40. The number of carbonyl (C=O) groups excluding carboxylic acids is 1. The fraction of sp³-hybridized carbons (Fsp3) is 0.667. The molecule has 1 saturated heterocycles. The van der Waals surface area contributed by atoms with Crippen molar-refractivity contribution in [2.45, 2.75) is 64.8 Å². The number of amides is 1. The summed E-state index contributed by atoms with van der Waals surface area (Å²) >= 11 is 0. The van der Waals surface area contributed by atoms with Gasteiger partial charge in [-0.05, 0) is 62.3 Å². The molecule has 2 unspecified atom stereocenters. The minimum absolute atomic E-state index is 0.0134. The Morgan fingerprint density at radius 1 is 1.14 bits per heavy atom. The van der Waals surface area contributed by atoms with Crippen LogP contribution in [0.2, 0.25) is 0 Å². The monoisotopic (exact) mass is 396 g/mol. The van der Waals surface area contributed by atoms with Crippen molar-refractivity contribution in [2.24, 2.45) is 11.8 Å². The van der Waals surface area contributed by atoms with E-state index in [-0.39, 0.29) is 5.91 Å². The van der Waals surface area contributed by atoms with Gasteiger partial charge >= 0.3 is 0 Å². The second-order valence-electron chi connectivity index (χ2n) is 9.46. The molecule has 5 heteroatoms. The molecule has 1 N–H and O–H groups in total. The van der Waals surface area contributed by atoms with E-state index in [1.54, 1.807) is 0 Å². The highest BCUT2D eigenvalue weighted by atomic mass is 16.1. The number of benzene rings is 1. The average molecular weight is 397 g/mol. The lowest BCUT2D eigenvalue weighted by Crippen LogP contribution is -2.40. The molecule has 1 aliphatic heterocycles. The summed E-state index contributed by atoms with van der Waals surface area (Å²) in [5.74, 6) is 1.58. The van der Waals surface area contributed by atoms with Gasteiger partial charge in [-0.1, -0.05) is 33.1 Å². The third kappa shape index (κ3) is 5.00. The lowest BCUT2D eigenvalue weighted by molar-refractivity contribution is 0.0947. The van der Waals surface area contributed by atoms with Crippen LogP contribution >= 0.6 is 0 Å². The van der Waals surface area contributed by atoms with Gasteiger partial charge in [0, 0.05) is 31.2 Å². The van der Waals surface area contributed by atoms with Gasteiger partial charge < -0.3 is 14.8 Å². The molecule has 2 aliphatic rings. The van der Waals surface area contributed by atoms with Crippen molar-refractivity contribution < 1.29 is 4.79 Å². The van der Waals surface area contributed by atoms with Gasteiger partial charge in [-0.15, -0.1) is 0 Å². The van der Waals surface area contributed by atoms with E-state index < -0.39 is 0 Å². The normalized spacial score (nSPS) is 24.1. The SMILES string of the molecule is CC1CC(C)CN(CCCNC(=O)c2ccc3c(c2)ncn3C2CCCCC2)C1. The van der Waals surface area contributed by atoms with Crippen LogP contribution in [-0.4, -0.2) is 46.5 Å². The molecule has 5 nitrogen and oxygen atoms in total. The zero-order valence-corrected chi connectivity index (χ0v) is 18.1. The standard InChI is InChI=1S/C24H36N4O/c1-18-13-19(2)16-27(15-18)12-6-11-25-24(29)20-9-10-23-22(14-20)26-17-28(23)21-7-4-3-5-8-21/h9-10,14,17-19,21H,3-8,11-13,15-16H2,1-2H3,(H,25,29). The highest BCUT2D eigenvalue weighted by Gasteiger charge is 2.21. The van der Waals surface area contributed by atoms with Crippen LogP contribution < -0.4 is 5.32 Å². The van der Waals surface area contributed by atoms with E-state index in [0.29, 0.717) is 11.6 Å². The minimum atomic E-state index is 0.0134. The summed E-state index contributed by atoms with van der Waals surface area (Å²) in [6.07, 6.45) is 10.7. The molecule has 29 heavy (non-hydrogen) atoms. The van der Waals surface area contributed by atoms with E-state index in [1.807, 2.05) is 18.5 Å². The molecule has 158 valence electrons. The Kier molecular flexibility index (Phi) is 6.53. The van der Waals surface area contributed by atoms with Crippen LogP contribution in [0.25, 0.3) is 11.0 Å². The predicted octanol–water partition coefficient (Wildman–Crippen LogP) is 4.64. The van der Waals surface area contributed by atoms with Gasteiger partial charge in [0.2, 0.25) is 0 Å². The van der Waals surface area contributed by atoms with Crippen molar-refractivity contribution in [1.82, 2.24) is 19.8 Å². The van der Waals surface area contributed by atoms with E-state index in [2.05, 4.69) is 39.7 Å². The number of hydrogen-bond donors (Lipinski definition) is 1. The van der Waals surface area contributed by atoms with Crippen LogP contribution in [-0.2, 0) is 0 Å². The first-order chi connectivity index (χ1) is 14.1. The van der Waals surface area contributed by atoms with Gasteiger partial charge in [-0.2, -0.15) is 0 Å². The van der Waals surface area contributed by atoms with E-state index in [4.69, 9.17) is 0 Å². The molecule has 2 atom stereocenters. The van der Waals surface area contributed by atoms with Crippen molar-refractivity contribution in [3.05, 3.63) is 30.1 Å². The van der Waals surface area contributed by atoms with Crippen LogP contribution in [0.15, 0.2) is 24.5 Å². The maximum Gasteiger partial charge on any atom is 0.251 e. The van der Waals surface area contributed by atoms with Gasteiger partial charge in [0.15, 0.2) is 0 Å². The van der Waals surface area contributed by atoms with Crippen LogP contribution in [0.3, 0.4) is 0 Å². The number of hydrogen-bond acceptors (Lipinski definition) is 3. The third-order valence-electron chi connectivity index (χ3n) is 6.69. The van der Waals surface area contributed by atoms with Crippen molar-refractivity contribution in [2.75, 3.05) is 26.2 Å². The smallest absolute Gasteiger partial charge is 0.251 e. The number of rotatable bonds is 6. The molecule has 1 aromatic heterocycles. The molecule has 0 radical (unpaired) electrons. The van der Waals surface area contributed by atoms with E-state index >= 15 is 0 Å². The predicted molar refractivity (Wildman–Crippen MR) is 118 cm³/mol. The highest BCUT2D eigenvalue weighted by Crippen LogP contribution is 2.31. The van der Waals surface area contributed by atoms with Crippen molar-refractivity contribution in [3.63, 3.8) is 0 Å². The largest absolute Gasteiger partial charge is 0.352 e. The summed E-state index contributed by atoms with van der Waals surface area (Å²) in [5, 5.41) is 3.10. The summed E-state index contributed by atoms with van der Waals surface area (Å²) in [7, 11) is 0. The third-order valence-corrected chi connectivity index (χ3v) is 6.69. The van der Waals surface area contributed by atoms with Gasteiger partial charge in [0.1, 0.15) is 0 Å². The Bertz CT molecular complexity index is 813. The topological polar surface area (TPSA) is 50.2 Å². The summed E-state index contributed by atoms with van der Waals surface area (Å²) in [6, 6.07) is 6.53. The van der Waals surface area contributed by atoms with Crippen LogP contribution in [0, 0.1) is 11.8 Å². The summed E-state index contributed by atoms with van der Waals surface area (Å²) < 4.78 is 2.32. The molecule has 2 heterocycles. The molecular formula is C24H36N4O. The van der Waals surface area contributed by atoms with Gasteiger partial charge in [0.25, 0.3) is 5.91 Å². The van der Waals surface area contributed by atoms with E-state index in [9.17, 15) is 4.79 Å². The molecule has 1 amide bonds. The molecule has 2 aromatic rings. The number of fused-ring (bicyclic) bond motifs is 1. The van der Waals surface area contributed by atoms with Crippen molar-refractivity contribution >= 4 is 16.9 Å². The number of aromatic nitrogens is 2. The van der Waals surface area contributed by atoms with Gasteiger partial charge in [0.05, 0.1) is 17.4 Å².